The van der Waals surface area contributed by atoms with Crippen LogP contribution in [0.2, 0.25) is 0 Å². The van der Waals surface area contributed by atoms with E-state index >= 15 is 0 Å². The Hall–Kier alpha value is -2.15. The molecule has 0 bridgehead atoms. The Morgan fingerprint density at radius 3 is 2.18 bits per heavy atom. The fourth-order valence-corrected chi connectivity index (χ4v) is 1.85. The average molecular weight is 371 g/mol. The lowest BCUT2D eigenvalue weighted by atomic mass is 10.1. The number of alkyl halides is 3. The minimum Gasteiger partial charge on any atom is -0.267 e. The summed E-state index contributed by atoms with van der Waals surface area (Å²) < 4.78 is 38.0. The lowest BCUT2D eigenvalue weighted by Gasteiger charge is -2.05. The molecule has 3 nitrogen and oxygen atoms in total. The largest absolute Gasteiger partial charge is 0.416 e. The first-order valence-corrected chi connectivity index (χ1v) is 6.92. The van der Waals surface area contributed by atoms with E-state index in [0.29, 0.717) is 11.1 Å². The van der Waals surface area contributed by atoms with Crippen LogP contribution in [0.5, 0.6) is 0 Å². The van der Waals surface area contributed by atoms with Gasteiger partial charge in [0.2, 0.25) is 0 Å². The monoisotopic (exact) mass is 370 g/mol. The third kappa shape index (κ3) is 4.42. The Balaban J connectivity index is 1.97. The van der Waals surface area contributed by atoms with Crippen molar-refractivity contribution >= 4 is 28.1 Å². The van der Waals surface area contributed by atoms with Crippen LogP contribution in [0.25, 0.3) is 0 Å². The smallest absolute Gasteiger partial charge is 0.267 e. The second-order valence-electron chi connectivity index (χ2n) is 4.33. The first-order chi connectivity index (χ1) is 10.4. The van der Waals surface area contributed by atoms with E-state index in [9.17, 15) is 18.0 Å². The molecule has 0 saturated carbocycles. The van der Waals surface area contributed by atoms with Crippen molar-refractivity contribution < 1.29 is 18.0 Å². The molecule has 0 aliphatic rings. The SMILES string of the molecule is O=C(N/N=C\c1ccc(C(F)(F)F)cc1)c1ccc(Br)cc1. The van der Waals surface area contributed by atoms with Crippen LogP contribution >= 0.6 is 15.9 Å². The molecular formula is C15H10BrF3N2O. The standard InChI is InChI=1S/C15H10BrF3N2O/c16-13-7-3-11(4-8-13)14(22)21-20-9-10-1-5-12(6-2-10)15(17,18)19/h1-9H,(H,21,22)/b20-9-. The van der Waals surface area contributed by atoms with Crippen LogP contribution in [0.3, 0.4) is 0 Å². The number of hydrogen-bond donors (Lipinski definition) is 1. The summed E-state index contributed by atoms with van der Waals surface area (Å²) in [5, 5.41) is 3.71. The summed E-state index contributed by atoms with van der Waals surface area (Å²) in [5.74, 6) is -0.407. The normalized spacial score (nSPS) is 11.6. The van der Waals surface area contributed by atoms with Crippen molar-refractivity contribution in [1.82, 2.24) is 5.43 Å². The van der Waals surface area contributed by atoms with Gasteiger partial charge in [-0.1, -0.05) is 28.1 Å². The zero-order chi connectivity index (χ0) is 16.2. The Labute approximate surface area is 133 Å². The van der Waals surface area contributed by atoms with Gasteiger partial charge >= 0.3 is 6.18 Å². The molecule has 0 atom stereocenters. The molecule has 114 valence electrons. The lowest BCUT2D eigenvalue weighted by Crippen LogP contribution is -2.17. The number of benzene rings is 2. The van der Waals surface area contributed by atoms with E-state index in [0.717, 1.165) is 16.6 Å². The minimum absolute atomic E-state index is 0.407. The van der Waals surface area contributed by atoms with Crippen molar-refractivity contribution in [3.8, 4) is 0 Å². The highest BCUT2D eigenvalue weighted by Gasteiger charge is 2.29. The van der Waals surface area contributed by atoms with Crippen molar-refractivity contribution in [1.29, 1.82) is 0 Å². The van der Waals surface area contributed by atoms with Crippen molar-refractivity contribution in [3.05, 3.63) is 69.7 Å². The van der Waals surface area contributed by atoms with Crippen molar-refractivity contribution in [3.63, 3.8) is 0 Å². The van der Waals surface area contributed by atoms with Gasteiger partial charge < -0.3 is 0 Å². The highest BCUT2D eigenvalue weighted by atomic mass is 79.9. The van der Waals surface area contributed by atoms with Crippen LogP contribution in [0.1, 0.15) is 21.5 Å². The predicted octanol–water partition coefficient (Wildman–Crippen LogP) is 4.23. The van der Waals surface area contributed by atoms with Crippen LogP contribution in [0.15, 0.2) is 58.1 Å². The van der Waals surface area contributed by atoms with E-state index in [4.69, 9.17) is 0 Å². The summed E-state index contributed by atoms with van der Waals surface area (Å²) in [5.41, 5.74) is 2.44. The van der Waals surface area contributed by atoms with E-state index in [2.05, 4.69) is 26.5 Å². The third-order valence-electron chi connectivity index (χ3n) is 2.72. The lowest BCUT2D eigenvalue weighted by molar-refractivity contribution is -0.137. The van der Waals surface area contributed by atoms with Crippen molar-refractivity contribution in [2.75, 3.05) is 0 Å². The van der Waals surface area contributed by atoms with Gasteiger partial charge in [-0.15, -0.1) is 0 Å². The maximum atomic E-state index is 12.4. The molecule has 0 saturated heterocycles. The summed E-state index contributed by atoms with van der Waals surface area (Å²) in [7, 11) is 0. The number of nitrogens with one attached hydrogen (secondary N) is 1. The van der Waals surface area contributed by atoms with Crippen LogP contribution in [0, 0.1) is 0 Å². The molecule has 0 unspecified atom stereocenters. The molecule has 2 rings (SSSR count). The summed E-state index contributed by atoms with van der Waals surface area (Å²) in [4.78, 5) is 11.7. The molecule has 7 heteroatoms. The Morgan fingerprint density at radius 2 is 1.64 bits per heavy atom. The third-order valence-corrected chi connectivity index (χ3v) is 3.25. The number of halogens is 4. The fourth-order valence-electron chi connectivity index (χ4n) is 1.59. The number of amides is 1. The quantitative estimate of drug-likeness (QED) is 0.637. The zero-order valence-corrected chi connectivity index (χ0v) is 12.6. The molecule has 0 heterocycles. The van der Waals surface area contributed by atoms with E-state index in [1.165, 1.54) is 18.3 Å². The van der Waals surface area contributed by atoms with Gasteiger partial charge in [0, 0.05) is 10.0 Å². The van der Waals surface area contributed by atoms with Crippen molar-refractivity contribution in [2.24, 2.45) is 5.10 Å². The first-order valence-electron chi connectivity index (χ1n) is 6.12. The van der Waals surface area contributed by atoms with E-state index in [1.807, 2.05) is 0 Å². The summed E-state index contributed by atoms with van der Waals surface area (Å²) in [6.45, 7) is 0. The van der Waals surface area contributed by atoms with Gasteiger partial charge in [0.05, 0.1) is 11.8 Å². The Kier molecular flexibility index (Phi) is 4.97. The fraction of sp³-hybridized carbons (Fsp3) is 0.0667. The molecule has 1 N–H and O–H groups in total. The predicted molar refractivity (Wildman–Crippen MR) is 80.6 cm³/mol. The van der Waals surface area contributed by atoms with E-state index in [-0.39, 0.29) is 0 Å². The van der Waals surface area contributed by atoms with Crippen molar-refractivity contribution in [2.45, 2.75) is 6.18 Å². The maximum absolute atomic E-state index is 12.4. The molecule has 2 aromatic rings. The van der Waals surface area contributed by atoms with Crippen LogP contribution < -0.4 is 5.43 Å². The van der Waals surface area contributed by atoms with E-state index in [1.54, 1.807) is 24.3 Å². The van der Waals surface area contributed by atoms with Gasteiger partial charge in [0.15, 0.2) is 0 Å². The molecule has 0 spiro atoms. The molecule has 0 radical (unpaired) electrons. The molecular weight excluding hydrogens is 361 g/mol. The molecule has 0 aromatic heterocycles. The van der Waals surface area contributed by atoms with Gasteiger partial charge in [0.25, 0.3) is 5.91 Å². The number of hydrazone groups is 1. The van der Waals surface area contributed by atoms with Crippen LogP contribution in [-0.2, 0) is 6.18 Å². The highest BCUT2D eigenvalue weighted by molar-refractivity contribution is 9.10. The van der Waals surface area contributed by atoms with E-state index < -0.39 is 17.6 Å². The van der Waals surface area contributed by atoms with Gasteiger partial charge in [-0.05, 0) is 42.0 Å². The summed E-state index contributed by atoms with van der Waals surface area (Å²) in [6.07, 6.45) is -3.09. The average Bonchev–Trinajstić information content (AvgIpc) is 2.47. The van der Waals surface area contributed by atoms with Gasteiger partial charge in [-0.2, -0.15) is 18.3 Å². The number of carbonyl (C=O) groups excluding carboxylic acids is 1. The van der Waals surface area contributed by atoms with Crippen LogP contribution in [-0.4, -0.2) is 12.1 Å². The highest BCUT2D eigenvalue weighted by Crippen LogP contribution is 2.28. The Morgan fingerprint density at radius 1 is 1.05 bits per heavy atom. The topological polar surface area (TPSA) is 41.5 Å². The molecule has 2 aromatic carbocycles. The molecule has 0 fully saturated rings. The second-order valence-corrected chi connectivity index (χ2v) is 5.24. The maximum Gasteiger partial charge on any atom is 0.416 e. The molecule has 1 amide bonds. The molecule has 0 aliphatic carbocycles. The van der Waals surface area contributed by atoms with Crippen LogP contribution in [0.4, 0.5) is 13.2 Å². The minimum atomic E-state index is -4.37. The summed E-state index contributed by atoms with van der Waals surface area (Å²) >= 11 is 3.26. The molecule has 0 aliphatic heterocycles. The summed E-state index contributed by atoms with van der Waals surface area (Å²) in [6, 6.07) is 11.1. The number of hydrogen-bond acceptors (Lipinski definition) is 2. The number of nitrogens with zero attached hydrogens (tertiary/aromatic N) is 1. The second kappa shape index (κ2) is 6.74. The number of rotatable bonds is 3. The van der Waals surface area contributed by atoms with Gasteiger partial charge in [0.1, 0.15) is 0 Å². The Bertz CT molecular complexity index is 679. The van der Waals surface area contributed by atoms with Gasteiger partial charge in [-0.3, -0.25) is 4.79 Å². The molecule has 22 heavy (non-hydrogen) atoms. The number of carbonyl (C=O) groups is 1. The zero-order valence-electron chi connectivity index (χ0n) is 11.1. The first kappa shape index (κ1) is 16.2. The van der Waals surface area contributed by atoms with Gasteiger partial charge in [-0.25, -0.2) is 5.43 Å².